The van der Waals surface area contributed by atoms with Crippen LogP contribution in [0.5, 0.6) is 0 Å². The number of hydrogen-bond donors (Lipinski definition) is 0. The zero-order valence-electron chi connectivity index (χ0n) is 6.49. The Balaban J connectivity index is 0. The first-order valence-electron chi connectivity index (χ1n) is 2.57. The molecule has 0 radical (unpaired) electrons. The molecule has 0 aromatic carbocycles. The van der Waals surface area contributed by atoms with E-state index in [1.165, 1.54) is 0 Å². The van der Waals surface area contributed by atoms with Crippen molar-refractivity contribution >= 4 is 22.2 Å². The van der Waals surface area contributed by atoms with Gasteiger partial charge in [-0.2, -0.15) is 8.78 Å². The van der Waals surface area contributed by atoms with Gasteiger partial charge in [0.15, 0.2) is 0 Å². The number of carbonyl (C=O) groups excluding carboxylic acids is 2. The summed E-state index contributed by atoms with van der Waals surface area (Å²) >= 11 is 0. The van der Waals surface area contributed by atoms with E-state index in [2.05, 4.69) is 0 Å². The van der Waals surface area contributed by atoms with Crippen LogP contribution >= 0.6 is 0 Å². The quantitative estimate of drug-likeness (QED) is 0.278. The fourth-order valence-corrected chi connectivity index (χ4v) is 1.00. The standard InChI is InChI=1S/C4H4F2O5S.Na/c5-3(7)1-2(4(6)8)12(9,10)11;/h2H,1H2,(H,9,10,11);/q;+1/p-1. The third-order valence-electron chi connectivity index (χ3n) is 0.947. The second-order valence-electron chi connectivity index (χ2n) is 1.84. The Morgan fingerprint density at radius 1 is 1.31 bits per heavy atom. The van der Waals surface area contributed by atoms with Crippen LogP contribution in [0, 0.1) is 0 Å². The van der Waals surface area contributed by atoms with E-state index >= 15 is 0 Å². The van der Waals surface area contributed by atoms with Crippen molar-refractivity contribution in [2.24, 2.45) is 0 Å². The average Bonchev–Trinajstić information content (AvgIpc) is 1.79. The smallest absolute Gasteiger partial charge is 0.747 e. The summed E-state index contributed by atoms with van der Waals surface area (Å²) in [7, 11) is -5.29. The summed E-state index contributed by atoms with van der Waals surface area (Å²) in [5, 5.41) is -2.75. The Morgan fingerprint density at radius 2 is 1.69 bits per heavy atom. The number of halogens is 2. The van der Waals surface area contributed by atoms with Gasteiger partial charge in [-0.05, 0) is 0 Å². The van der Waals surface area contributed by atoms with Gasteiger partial charge in [0.25, 0.3) is 0 Å². The van der Waals surface area contributed by atoms with E-state index in [0.29, 0.717) is 0 Å². The van der Waals surface area contributed by atoms with E-state index in [9.17, 15) is 31.3 Å². The summed E-state index contributed by atoms with van der Waals surface area (Å²) in [5.41, 5.74) is 0. The van der Waals surface area contributed by atoms with E-state index in [1.807, 2.05) is 0 Å². The molecule has 0 amide bonds. The normalized spacial score (nSPS) is 12.8. The van der Waals surface area contributed by atoms with Crippen LogP contribution in [-0.4, -0.2) is 30.3 Å². The summed E-state index contributed by atoms with van der Waals surface area (Å²) in [6.45, 7) is 0. The molecule has 0 rings (SSSR count). The fraction of sp³-hybridized carbons (Fsp3) is 0.500. The van der Waals surface area contributed by atoms with Gasteiger partial charge in [0.1, 0.15) is 15.4 Å². The molecule has 9 heteroatoms. The number of hydrogen-bond acceptors (Lipinski definition) is 5. The predicted molar refractivity (Wildman–Crippen MR) is 30.3 cm³/mol. The van der Waals surface area contributed by atoms with Crippen LogP contribution in [-0.2, 0) is 19.7 Å². The van der Waals surface area contributed by atoms with Gasteiger partial charge in [-0.3, -0.25) is 9.59 Å². The molecule has 0 saturated carbocycles. The molecule has 0 aliphatic carbocycles. The van der Waals surface area contributed by atoms with Gasteiger partial charge in [0.05, 0.1) is 6.42 Å². The maximum atomic E-state index is 11.7. The summed E-state index contributed by atoms with van der Waals surface area (Å²) in [5.74, 6) is 0. The average molecular weight is 224 g/mol. The van der Waals surface area contributed by atoms with Crippen LogP contribution in [0.3, 0.4) is 0 Å². The van der Waals surface area contributed by atoms with E-state index < -0.39 is 33.9 Å². The van der Waals surface area contributed by atoms with Crippen LogP contribution in [0.4, 0.5) is 8.78 Å². The van der Waals surface area contributed by atoms with Crippen molar-refractivity contribution in [3.63, 3.8) is 0 Å². The Kier molecular flexibility index (Phi) is 6.90. The van der Waals surface area contributed by atoms with Crippen molar-refractivity contribution in [1.29, 1.82) is 0 Å². The van der Waals surface area contributed by atoms with Crippen molar-refractivity contribution in [2.45, 2.75) is 11.7 Å². The molecule has 1 atom stereocenters. The monoisotopic (exact) mass is 224 g/mol. The Bertz CT molecular complexity index is 300. The van der Waals surface area contributed by atoms with Crippen LogP contribution in [0.2, 0.25) is 0 Å². The summed E-state index contributed by atoms with van der Waals surface area (Å²) in [6, 6.07) is -4.76. The predicted octanol–water partition coefficient (Wildman–Crippen LogP) is -3.71. The van der Waals surface area contributed by atoms with Gasteiger partial charge in [0, 0.05) is 0 Å². The third kappa shape index (κ3) is 6.22. The molecule has 0 aromatic rings. The molecule has 0 N–H and O–H groups in total. The SMILES string of the molecule is O=C(F)CC(C(=O)F)S(=O)(=O)[O-].[Na+]. The molecule has 0 bridgehead atoms. The molecule has 0 aromatic heterocycles. The molecule has 0 aliphatic rings. The minimum Gasteiger partial charge on any atom is -0.747 e. The molecule has 0 saturated heterocycles. The first-order chi connectivity index (χ1) is 5.25. The molecule has 13 heavy (non-hydrogen) atoms. The van der Waals surface area contributed by atoms with Crippen molar-refractivity contribution in [2.75, 3.05) is 0 Å². The zero-order valence-corrected chi connectivity index (χ0v) is 9.31. The van der Waals surface area contributed by atoms with E-state index in [-0.39, 0.29) is 29.6 Å². The molecule has 0 heterocycles. The molecule has 0 spiro atoms. The fourth-order valence-electron chi connectivity index (χ4n) is 0.442. The van der Waals surface area contributed by atoms with Crippen molar-refractivity contribution in [3.8, 4) is 0 Å². The van der Waals surface area contributed by atoms with Gasteiger partial charge >= 0.3 is 41.6 Å². The van der Waals surface area contributed by atoms with Gasteiger partial charge < -0.3 is 4.55 Å². The second kappa shape index (κ2) is 5.76. The molecule has 5 nitrogen and oxygen atoms in total. The van der Waals surface area contributed by atoms with Gasteiger partial charge in [-0.15, -0.1) is 0 Å². The van der Waals surface area contributed by atoms with Crippen molar-refractivity contribution < 1.29 is 60.9 Å². The van der Waals surface area contributed by atoms with Crippen LogP contribution in [0.1, 0.15) is 6.42 Å². The molecule has 0 fully saturated rings. The Morgan fingerprint density at radius 3 is 1.77 bits per heavy atom. The Labute approximate surface area is 94.5 Å². The first-order valence-corrected chi connectivity index (χ1v) is 4.04. The number of carbonyl (C=O) groups is 2. The molecule has 0 aliphatic heterocycles. The number of rotatable bonds is 4. The van der Waals surface area contributed by atoms with Crippen molar-refractivity contribution in [1.82, 2.24) is 0 Å². The van der Waals surface area contributed by atoms with E-state index in [0.717, 1.165) is 0 Å². The minimum atomic E-state index is -5.29. The zero-order chi connectivity index (χ0) is 9.94. The van der Waals surface area contributed by atoms with Gasteiger partial charge in [-0.1, -0.05) is 0 Å². The van der Waals surface area contributed by atoms with E-state index in [1.54, 1.807) is 0 Å². The molecular weight excluding hydrogens is 221 g/mol. The molecule has 1 unspecified atom stereocenters. The van der Waals surface area contributed by atoms with Crippen LogP contribution < -0.4 is 29.6 Å². The maximum Gasteiger partial charge on any atom is 1.00 e. The van der Waals surface area contributed by atoms with Crippen molar-refractivity contribution in [3.05, 3.63) is 0 Å². The first kappa shape index (κ1) is 15.6. The summed E-state index contributed by atoms with van der Waals surface area (Å²) in [6.07, 6.45) is -1.57. The molecule has 70 valence electrons. The van der Waals surface area contributed by atoms with Gasteiger partial charge in [0.2, 0.25) is 0 Å². The van der Waals surface area contributed by atoms with E-state index in [4.69, 9.17) is 0 Å². The van der Waals surface area contributed by atoms with Crippen LogP contribution in [0.15, 0.2) is 0 Å². The minimum absolute atomic E-state index is 0. The topological polar surface area (TPSA) is 91.3 Å². The third-order valence-corrected chi connectivity index (χ3v) is 2.00. The summed E-state index contributed by atoms with van der Waals surface area (Å²) in [4.78, 5) is 19.4. The van der Waals surface area contributed by atoms with Crippen LogP contribution in [0.25, 0.3) is 0 Å². The summed E-state index contributed by atoms with van der Waals surface area (Å²) < 4.78 is 53.1. The maximum absolute atomic E-state index is 11.7. The molecular formula is C4H3F2NaO5S. The van der Waals surface area contributed by atoms with Gasteiger partial charge in [-0.25, -0.2) is 8.42 Å². The Hall–Kier alpha value is 0.110. The second-order valence-corrected chi connectivity index (χ2v) is 3.40. The largest absolute Gasteiger partial charge is 1.00 e.